The molecule has 138 valence electrons. The van der Waals surface area contributed by atoms with Gasteiger partial charge in [-0.1, -0.05) is 18.2 Å². The molecule has 1 N–H and O–H groups in total. The van der Waals surface area contributed by atoms with Crippen molar-refractivity contribution in [3.05, 3.63) is 47.8 Å². The molecule has 6 nitrogen and oxygen atoms in total. The maximum absolute atomic E-state index is 13.1. The molecule has 2 atom stereocenters. The Bertz CT molecular complexity index is 833. The van der Waals surface area contributed by atoms with Gasteiger partial charge in [-0.15, -0.1) is 0 Å². The number of carboxylic acid groups (broad SMARTS) is 1. The van der Waals surface area contributed by atoms with Gasteiger partial charge < -0.3 is 10.0 Å². The molecule has 9 heteroatoms. The lowest BCUT2D eigenvalue weighted by atomic mass is 9.96. The van der Waals surface area contributed by atoms with Gasteiger partial charge in [0.15, 0.2) is 5.69 Å². The third-order valence-electron chi connectivity index (χ3n) is 4.47. The lowest BCUT2D eigenvalue weighted by Crippen LogP contribution is -2.34. The molecule has 1 amide bonds. The Morgan fingerprint density at radius 3 is 2.38 bits per heavy atom. The van der Waals surface area contributed by atoms with Crippen molar-refractivity contribution in [2.24, 2.45) is 11.8 Å². The first-order valence-corrected chi connectivity index (χ1v) is 7.89. The van der Waals surface area contributed by atoms with Crippen molar-refractivity contribution >= 4 is 11.9 Å². The number of carbonyl (C=O) groups is 2. The number of halogens is 3. The van der Waals surface area contributed by atoms with Gasteiger partial charge in [-0.2, -0.15) is 18.3 Å². The summed E-state index contributed by atoms with van der Waals surface area (Å²) < 4.78 is 40.7. The molecule has 26 heavy (non-hydrogen) atoms. The number of aromatic nitrogens is 2. The minimum Gasteiger partial charge on any atom is -0.481 e. The highest BCUT2D eigenvalue weighted by molar-refractivity contribution is 5.94. The summed E-state index contributed by atoms with van der Waals surface area (Å²) >= 11 is 0. The zero-order valence-corrected chi connectivity index (χ0v) is 13.8. The van der Waals surface area contributed by atoms with Crippen molar-refractivity contribution in [2.75, 3.05) is 13.1 Å². The lowest BCUT2D eigenvalue weighted by molar-refractivity contribution is -0.187. The number of aliphatic carboxylic acids is 1. The molecule has 0 aliphatic carbocycles. The SMILES string of the molecule is Cc1cn(-c2ccccc2)nc1C(=O)N1C[C@@H](C(F)(F)F)[C@H](C(=O)O)C1. The average molecular weight is 367 g/mol. The van der Waals surface area contributed by atoms with Crippen molar-refractivity contribution in [3.63, 3.8) is 0 Å². The zero-order chi connectivity index (χ0) is 19.1. The smallest absolute Gasteiger partial charge is 0.394 e. The second-order valence-electron chi connectivity index (χ2n) is 6.24. The van der Waals surface area contributed by atoms with Crippen LogP contribution in [0.2, 0.25) is 0 Å². The van der Waals surface area contributed by atoms with E-state index in [0.717, 1.165) is 4.90 Å². The number of hydrogen-bond acceptors (Lipinski definition) is 3. The molecule has 2 heterocycles. The van der Waals surface area contributed by atoms with Gasteiger partial charge >= 0.3 is 12.1 Å². The van der Waals surface area contributed by atoms with Crippen LogP contribution in [0.25, 0.3) is 5.69 Å². The van der Waals surface area contributed by atoms with Crippen molar-refractivity contribution in [1.29, 1.82) is 0 Å². The normalized spacial score (nSPS) is 20.4. The minimum absolute atomic E-state index is 0.0146. The highest BCUT2D eigenvalue weighted by Gasteiger charge is 2.53. The van der Waals surface area contributed by atoms with Crippen molar-refractivity contribution in [1.82, 2.24) is 14.7 Å². The maximum Gasteiger partial charge on any atom is 0.394 e. The average Bonchev–Trinajstić information content (AvgIpc) is 3.19. The fourth-order valence-electron chi connectivity index (χ4n) is 3.09. The maximum atomic E-state index is 13.1. The van der Waals surface area contributed by atoms with Crippen LogP contribution in [0.4, 0.5) is 13.2 Å². The van der Waals surface area contributed by atoms with Crippen LogP contribution in [0.5, 0.6) is 0 Å². The summed E-state index contributed by atoms with van der Waals surface area (Å²) in [6, 6.07) is 8.95. The van der Waals surface area contributed by atoms with Gasteiger partial charge in [0.1, 0.15) is 0 Å². The Labute approximate surface area is 146 Å². The number of alkyl halides is 3. The third kappa shape index (κ3) is 3.29. The van der Waals surface area contributed by atoms with Gasteiger partial charge in [0.05, 0.1) is 17.5 Å². The highest BCUT2D eigenvalue weighted by Crippen LogP contribution is 2.38. The van der Waals surface area contributed by atoms with Gasteiger partial charge in [0, 0.05) is 24.8 Å². The molecular formula is C17H16F3N3O3. The van der Waals surface area contributed by atoms with E-state index in [2.05, 4.69) is 5.10 Å². The second kappa shape index (κ2) is 6.47. The van der Waals surface area contributed by atoms with E-state index in [4.69, 9.17) is 5.11 Å². The number of nitrogens with zero attached hydrogens (tertiary/aromatic N) is 3. The molecule has 1 fully saturated rings. The van der Waals surface area contributed by atoms with Crippen molar-refractivity contribution < 1.29 is 27.9 Å². The fraction of sp³-hybridized carbons (Fsp3) is 0.353. The molecule has 1 saturated heterocycles. The minimum atomic E-state index is -4.68. The van der Waals surface area contributed by atoms with E-state index < -0.39 is 43.0 Å². The van der Waals surface area contributed by atoms with Crippen LogP contribution in [0, 0.1) is 18.8 Å². The number of carboxylic acids is 1. The Hall–Kier alpha value is -2.84. The number of para-hydroxylation sites is 1. The van der Waals surface area contributed by atoms with E-state index in [9.17, 15) is 22.8 Å². The topological polar surface area (TPSA) is 75.4 Å². The summed E-state index contributed by atoms with van der Waals surface area (Å²) in [5.41, 5.74) is 1.22. The summed E-state index contributed by atoms with van der Waals surface area (Å²) in [4.78, 5) is 24.7. The lowest BCUT2D eigenvalue weighted by Gasteiger charge is -2.18. The van der Waals surface area contributed by atoms with E-state index in [1.54, 1.807) is 37.4 Å². The van der Waals surface area contributed by atoms with Crippen molar-refractivity contribution in [2.45, 2.75) is 13.1 Å². The van der Waals surface area contributed by atoms with Gasteiger partial charge in [-0.05, 0) is 19.1 Å². The largest absolute Gasteiger partial charge is 0.481 e. The predicted octanol–water partition coefficient (Wildman–Crippen LogP) is 2.52. The first kappa shape index (κ1) is 18.0. The Morgan fingerprint density at radius 2 is 1.85 bits per heavy atom. The monoisotopic (exact) mass is 367 g/mol. The number of rotatable bonds is 3. The number of benzene rings is 1. The van der Waals surface area contributed by atoms with Gasteiger partial charge in [-0.25, -0.2) is 4.68 Å². The highest BCUT2D eigenvalue weighted by atomic mass is 19.4. The second-order valence-corrected chi connectivity index (χ2v) is 6.24. The zero-order valence-electron chi connectivity index (χ0n) is 13.8. The summed E-state index contributed by atoms with van der Waals surface area (Å²) in [5, 5.41) is 13.2. The molecular weight excluding hydrogens is 351 g/mol. The Kier molecular flexibility index (Phi) is 4.47. The van der Waals surface area contributed by atoms with E-state index >= 15 is 0 Å². The summed E-state index contributed by atoms with van der Waals surface area (Å²) in [6.45, 7) is 0.457. The molecule has 0 saturated carbocycles. The first-order valence-electron chi connectivity index (χ1n) is 7.89. The van der Waals surface area contributed by atoms with Gasteiger partial charge in [0.25, 0.3) is 5.91 Å². The molecule has 1 aromatic carbocycles. The standard InChI is InChI=1S/C17H16F3N3O3/c1-10-7-23(11-5-3-2-4-6-11)21-14(10)15(24)22-8-12(16(25)26)13(9-22)17(18,19)20/h2-7,12-13H,8-9H2,1H3,(H,25,26)/t12-,13-/m1/s1. The van der Waals surface area contributed by atoms with Crippen LogP contribution >= 0.6 is 0 Å². The van der Waals surface area contributed by atoms with E-state index in [0.29, 0.717) is 11.3 Å². The van der Waals surface area contributed by atoms with Gasteiger partial charge in [0.2, 0.25) is 0 Å². The molecule has 0 unspecified atom stereocenters. The number of amides is 1. The number of aryl methyl sites for hydroxylation is 1. The molecule has 1 aliphatic rings. The molecule has 0 spiro atoms. The summed E-state index contributed by atoms with van der Waals surface area (Å²) in [5.74, 6) is -6.01. The number of hydrogen-bond donors (Lipinski definition) is 1. The number of carbonyl (C=O) groups excluding carboxylic acids is 1. The van der Waals surface area contributed by atoms with Crippen LogP contribution < -0.4 is 0 Å². The molecule has 0 bridgehead atoms. The number of likely N-dealkylation sites (tertiary alicyclic amines) is 1. The summed E-state index contributed by atoms with van der Waals surface area (Å²) in [7, 11) is 0. The predicted molar refractivity (Wildman–Crippen MR) is 84.9 cm³/mol. The molecule has 0 radical (unpaired) electrons. The van der Waals surface area contributed by atoms with Crippen molar-refractivity contribution in [3.8, 4) is 5.69 Å². The van der Waals surface area contributed by atoms with Crippen LogP contribution in [0.15, 0.2) is 36.5 Å². The summed E-state index contributed by atoms with van der Waals surface area (Å²) in [6.07, 6.45) is -3.08. The Balaban J connectivity index is 1.86. The van der Waals surface area contributed by atoms with E-state index in [1.807, 2.05) is 6.07 Å². The Morgan fingerprint density at radius 1 is 1.19 bits per heavy atom. The van der Waals surface area contributed by atoms with E-state index in [1.165, 1.54) is 4.68 Å². The first-order chi connectivity index (χ1) is 12.2. The molecule has 1 aliphatic heterocycles. The quantitative estimate of drug-likeness (QED) is 0.905. The third-order valence-corrected chi connectivity index (χ3v) is 4.47. The van der Waals surface area contributed by atoms with Crippen LogP contribution in [-0.4, -0.2) is 50.9 Å². The fourth-order valence-corrected chi connectivity index (χ4v) is 3.09. The van der Waals surface area contributed by atoms with Crippen LogP contribution in [0.3, 0.4) is 0 Å². The van der Waals surface area contributed by atoms with Crippen LogP contribution in [-0.2, 0) is 4.79 Å². The van der Waals surface area contributed by atoms with E-state index in [-0.39, 0.29) is 5.69 Å². The molecule has 3 rings (SSSR count). The van der Waals surface area contributed by atoms with Gasteiger partial charge in [-0.3, -0.25) is 9.59 Å². The molecule has 1 aromatic heterocycles. The van der Waals surface area contributed by atoms with Crippen LogP contribution in [0.1, 0.15) is 16.1 Å². The molecule has 2 aromatic rings.